The summed E-state index contributed by atoms with van der Waals surface area (Å²) in [5.74, 6) is -1.22. The van der Waals surface area contributed by atoms with Crippen LogP contribution in [0.1, 0.15) is 30.5 Å². The first-order chi connectivity index (χ1) is 16.1. The lowest BCUT2D eigenvalue weighted by Gasteiger charge is -2.31. The lowest BCUT2D eigenvalue weighted by atomic mass is 10.1. The van der Waals surface area contributed by atoms with Crippen molar-refractivity contribution in [3.63, 3.8) is 0 Å². The number of anilines is 1. The molecule has 2 aromatic carbocycles. The number of aryl methyl sites for hydroxylation is 1. The summed E-state index contributed by atoms with van der Waals surface area (Å²) in [5, 5.41) is 2.01. The fraction of sp³-hybridized carbons (Fsp3) is 0.391. The number of rotatable bonds is 9. The maximum Gasteiger partial charge on any atom is 0.417 e. The number of carbonyl (C=O) groups is 2. The monoisotopic (exact) mass is 533 g/mol. The minimum Gasteiger partial charge on any atom is -0.355 e. The molecule has 35 heavy (non-hydrogen) atoms. The Kier molecular flexibility index (Phi) is 9.18. The van der Waals surface area contributed by atoms with Gasteiger partial charge >= 0.3 is 6.18 Å². The Bertz CT molecular complexity index is 1170. The molecular weight excluding hydrogens is 507 g/mol. The van der Waals surface area contributed by atoms with Gasteiger partial charge in [0.05, 0.1) is 22.5 Å². The fourth-order valence-electron chi connectivity index (χ4n) is 3.29. The van der Waals surface area contributed by atoms with E-state index < -0.39 is 51.2 Å². The molecule has 12 heteroatoms. The summed E-state index contributed by atoms with van der Waals surface area (Å²) < 4.78 is 65.6. The van der Waals surface area contributed by atoms with Crippen LogP contribution in [0.25, 0.3) is 0 Å². The third kappa shape index (κ3) is 7.60. The van der Waals surface area contributed by atoms with Crippen LogP contribution in [-0.4, -0.2) is 50.5 Å². The van der Waals surface area contributed by atoms with Crippen LogP contribution in [0, 0.1) is 6.92 Å². The molecule has 0 heterocycles. The number of amides is 2. The van der Waals surface area contributed by atoms with Gasteiger partial charge < -0.3 is 10.2 Å². The molecule has 0 aromatic heterocycles. The van der Waals surface area contributed by atoms with Gasteiger partial charge in [-0.3, -0.25) is 13.9 Å². The highest BCUT2D eigenvalue weighted by Crippen LogP contribution is 2.37. The number of carbonyl (C=O) groups excluding carboxylic acids is 2. The fourth-order valence-corrected chi connectivity index (χ4v) is 4.36. The second-order valence-corrected chi connectivity index (χ2v) is 10.3. The average Bonchev–Trinajstić information content (AvgIpc) is 2.75. The van der Waals surface area contributed by atoms with Gasteiger partial charge in [-0.25, -0.2) is 8.42 Å². The predicted octanol–water partition coefficient (Wildman–Crippen LogP) is 3.99. The SMILES string of the molecule is CCNC(=O)[C@@H](C)N(Cc1ccc(C)cc1)C(=O)CN(c1ccc(Cl)c(C(F)(F)F)c1)S(C)(=O)=O. The number of hydrogen-bond acceptors (Lipinski definition) is 4. The molecule has 1 N–H and O–H groups in total. The van der Waals surface area contributed by atoms with Crippen molar-refractivity contribution >= 4 is 39.1 Å². The van der Waals surface area contributed by atoms with Gasteiger partial charge in [0.1, 0.15) is 12.6 Å². The van der Waals surface area contributed by atoms with E-state index in [0.717, 1.165) is 24.0 Å². The number of hydrogen-bond donors (Lipinski definition) is 1. The van der Waals surface area contributed by atoms with Gasteiger partial charge in [0, 0.05) is 13.1 Å². The van der Waals surface area contributed by atoms with E-state index in [-0.39, 0.29) is 12.2 Å². The molecule has 0 saturated carbocycles. The van der Waals surface area contributed by atoms with Gasteiger partial charge in [-0.2, -0.15) is 13.2 Å². The number of halogens is 4. The van der Waals surface area contributed by atoms with E-state index >= 15 is 0 Å². The average molecular weight is 534 g/mol. The van der Waals surface area contributed by atoms with Gasteiger partial charge in [-0.05, 0) is 44.5 Å². The Hall–Kier alpha value is -2.79. The molecule has 0 fully saturated rings. The number of alkyl halides is 3. The Morgan fingerprint density at radius 1 is 1.11 bits per heavy atom. The zero-order chi connectivity index (χ0) is 26.6. The minimum atomic E-state index is -4.83. The highest BCUT2D eigenvalue weighted by Gasteiger charge is 2.35. The quantitative estimate of drug-likeness (QED) is 0.528. The summed E-state index contributed by atoms with van der Waals surface area (Å²) in [7, 11) is -4.18. The van der Waals surface area contributed by atoms with Crippen molar-refractivity contribution in [2.45, 2.75) is 39.5 Å². The molecule has 2 rings (SSSR count). The molecule has 0 bridgehead atoms. The number of nitrogens with one attached hydrogen (secondary N) is 1. The van der Waals surface area contributed by atoms with Crippen LogP contribution < -0.4 is 9.62 Å². The molecule has 0 aliphatic rings. The Balaban J connectivity index is 2.46. The van der Waals surface area contributed by atoms with Gasteiger partial charge in [0.2, 0.25) is 21.8 Å². The van der Waals surface area contributed by atoms with Crippen molar-refractivity contribution < 1.29 is 31.2 Å². The second-order valence-electron chi connectivity index (χ2n) is 8.01. The highest BCUT2D eigenvalue weighted by molar-refractivity contribution is 7.92. The molecule has 0 radical (unpaired) electrons. The normalized spacial score (nSPS) is 12.7. The summed E-state index contributed by atoms with van der Waals surface area (Å²) in [6.45, 7) is 4.58. The summed E-state index contributed by atoms with van der Waals surface area (Å²) in [5.41, 5.74) is 0.0650. The van der Waals surface area contributed by atoms with E-state index in [1.807, 2.05) is 19.1 Å². The van der Waals surface area contributed by atoms with Crippen molar-refractivity contribution in [2.75, 3.05) is 23.7 Å². The first-order valence-electron chi connectivity index (χ1n) is 10.6. The molecular formula is C23H27ClF3N3O4S. The predicted molar refractivity (Wildman–Crippen MR) is 129 cm³/mol. The van der Waals surface area contributed by atoms with Crippen LogP contribution in [0.4, 0.5) is 18.9 Å². The maximum atomic E-state index is 13.3. The number of nitrogens with zero attached hydrogens (tertiary/aromatic N) is 2. The first kappa shape index (κ1) is 28.4. The van der Waals surface area contributed by atoms with E-state index in [9.17, 15) is 31.2 Å². The first-order valence-corrected chi connectivity index (χ1v) is 12.8. The molecule has 192 valence electrons. The Morgan fingerprint density at radius 3 is 2.23 bits per heavy atom. The van der Waals surface area contributed by atoms with Gasteiger partial charge in [0.15, 0.2) is 0 Å². The molecule has 0 unspecified atom stereocenters. The van der Waals surface area contributed by atoms with Crippen LogP contribution in [0.3, 0.4) is 0 Å². The minimum absolute atomic E-state index is 0.0105. The van der Waals surface area contributed by atoms with E-state index in [4.69, 9.17) is 11.6 Å². The largest absolute Gasteiger partial charge is 0.417 e. The summed E-state index contributed by atoms with van der Waals surface area (Å²) in [4.78, 5) is 27.0. The summed E-state index contributed by atoms with van der Waals surface area (Å²) in [6, 6.07) is 8.79. The van der Waals surface area contributed by atoms with Crippen molar-refractivity contribution in [2.24, 2.45) is 0 Å². The number of benzene rings is 2. The van der Waals surface area contributed by atoms with Gasteiger partial charge in [-0.15, -0.1) is 0 Å². The standard InChI is InChI=1S/C23H27ClF3N3O4S/c1-5-28-22(32)16(3)29(13-17-8-6-15(2)7-9-17)21(31)14-30(35(4,33)34)18-10-11-20(24)19(12-18)23(25,26)27/h6-12,16H,5,13-14H2,1-4H3,(H,28,32)/t16-/m1/s1. The third-order valence-electron chi connectivity index (χ3n) is 5.21. The molecule has 0 saturated heterocycles. The number of sulfonamides is 1. The smallest absolute Gasteiger partial charge is 0.355 e. The summed E-state index contributed by atoms with van der Waals surface area (Å²) >= 11 is 5.66. The molecule has 0 spiro atoms. The topological polar surface area (TPSA) is 86.8 Å². The maximum absolute atomic E-state index is 13.3. The second kappa shape index (κ2) is 11.3. The van der Waals surface area contributed by atoms with E-state index in [2.05, 4.69) is 5.32 Å². The molecule has 2 amide bonds. The molecule has 7 nitrogen and oxygen atoms in total. The highest BCUT2D eigenvalue weighted by atomic mass is 35.5. The van der Waals surface area contributed by atoms with Crippen LogP contribution in [0.2, 0.25) is 5.02 Å². The van der Waals surface area contributed by atoms with Crippen molar-refractivity contribution in [3.05, 3.63) is 64.2 Å². The zero-order valence-corrected chi connectivity index (χ0v) is 21.3. The molecule has 2 aromatic rings. The van der Waals surface area contributed by atoms with Crippen LogP contribution in [0.15, 0.2) is 42.5 Å². The molecule has 0 aliphatic carbocycles. The van der Waals surface area contributed by atoms with Crippen LogP contribution in [-0.2, 0) is 32.3 Å². The van der Waals surface area contributed by atoms with Crippen LogP contribution >= 0.6 is 11.6 Å². The van der Waals surface area contributed by atoms with E-state index in [1.54, 1.807) is 19.1 Å². The van der Waals surface area contributed by atoms with Crippen molar-refractivity contribution in [3.8, 4) is 0 Å². The summed E-state index contributed by atoms with van der Waals surface area (Å²) in [6.07, 6.45) is -4.05. The van der Waals surface area contributed by atoms with Crippen molar-refractivity contribution in [1.29, 1.82) is 0 Å². The lowest BCUT2D eigenvalue weighted by molar-refractivity contribution is -0.139. The molecule has 0 aliphatic heterocycles. The molecule has 1 atom stereocenters. The third-order valence-corrected chi connectivity index (χ3v) is 6.68. The van der Waals surface area contributed by atoms with Gasteiger partial charge in [0.25, 0.3) is 0 Å². The Labute approximate surface area is 207 Å². The van der Waals surface area contributed by atoms with Gasteiger partial charge in [-0.1, -0.05) is 41.4 Å². The lowest BCUT2D eigenvalue weighted by Crippen LogP contribution is -2.51. The van der Waals surface area contributed by atoms with Crippen LogP contribution in [0.5, 0.6) is 0 Å². The van der Waals surface area contributed by atoms with Crippen molar-refractivity contribution in [1.82, 2.24) is 10.2 Å². The number of likely N-dealkylation sites (N-methyl/N-ethyl adjacent to an activating group) is 1. The van der Waals surface area contributed by atoms with E-state index in [0.29, 0.717) is 22.5 Å². The van der Waals surface area contributed by atoms with E-state index in [1.165, 1.54) is 11.8 Å². The Morgan fingerprint density at radius 2 is 1.71 bits per heavy atom. The zero-order valence-electron chi connectivity index (χ0n) is 19.7.